The fourth-order valence-corrected chi connectivity index (χ4v) is 3.81. The number of H-pyrrole nitrogens is 2. The number of benzene rings is 2. The number of aromatic amines is 2. The van der Waals surface area contributed by atoms with Crippen LogP contribution in [0.1, 0.15) is 13.8 Å². The molecule has 166 valence electrons. The van der Waals surface area contributed by atoms with Crippen molar-refractivity contribution in [3.8, 4) is 0 Å². The summed E-state index contributed by atoms with van der Waals surface area (Å²) in [6, 6.07) is 11.6. The minimum absolute atomic E-state index is 0.0579. The molecule has 3 amide bonds. The van der Waals surface area contributed by atoms with E-state index >= 15 is 0 Å². The Labute approximate surface area is 186 Å². The number of carbonyl (C=O) groups is 3. The van der Waals surface area contributed by atoms with E-state index in [2.05, 4.69) is 26.1 Å². The van der Waals surface area contributed by atoms with E-state index in [0.29, 0.717) is 5.69 Å². The van der Waals surface area contributed by atoms with E-state index in [1.807, 2.05) is 0 Å². The molecule has 0 radical (unpaired) electrons. The van der Waals surface area contributed by atoms with Gasteiger partial charge in [-0.15, -0.1) is 11.8 Å². The SMILES string of the molecule is CC(=O)Nc1ccc(SC(C)C(=O)NCC(=O)Nc2cccc3c(=O)[nH][nH]c(=O)c23)cc1. The highest BCUT2D eigenvalue weighted by Crippen LogP contribution is 2.25. The van der Waals surface area contributed by atoms with Gasteiger partial charge < -0.3 is 16.0 Å². The zero-order chi connectivity index (χ0) is 23.3. The molecular formula is C21H21N5O5S. The molecule has 2 aromatic carbocycles. The van der Waals surface area contributed by atoms with Gasteiger partial charge in [-0.3, -0.25) is 34.2 Å². The second-order valence-electron chi connectivity index (χ2n) is 6.87. The Morgan fingerprint density at radius 3 is 2.34 bits per heavy atom. The summed E-state index contributed by atoms with van der Waals surface area (Å²) < 4.78 is 0. The molecule has 1 unspecified atom stereocenters. The molecule has 32 heavy (non-hydrogen) atoms. The largest absolute Gasteiger partial charge is 0.346 e. The van der Waals surface area contributed by atoms with Crippen LogP contribution in [-0.4, -0.2) is 39.7 Å². The van der Waals surface area contributed by atoms with Gasteiger partial charge in [0.15, 0.2) is 0 Å². The molecule has 3 rings (SSSR count). The van der Waals surface area contributed by atoms with Crippen LogP contribution in [-0.2, 0) is 14.4 Å². The van der Waals surface area contributed by atoms with E-state index in [1.165, 1.54) is 30.8 Å². The van der Waals surface area contributed by atoms with Crippen molar-refractivity contribution in [1.82, 2.24) is 15.5 Å². The average Bonchev–Trinajstić information content (AvgIpc) is 2.75. The monoisotopic (exact) mass is 455 g/mol. The minimum atomic E-state index is -0.547. The number of thioether (sulfide) groups is 1. The summed E-state index contributed by atoms with van der Waals surface area (Å²) in [6.07, 6.45) is 0. The molecule has 0 aliphatic heterocycles. The lowest BCUT2D eigenvalue weighted by molar-refractivity contribution is -0.123. The van der Waals surface area contributed by atoms with E-state index in [1.54, 1.807) is 37.3 Å². The summed E-state index contributed by atoms with van der Waals surface area (Å²) in [6.45, 7) is 2.82. The number of hydrogen-bond acceptors (Lipinski definition) is 6. The van der Waals surface area contributed by atoms with Gasteiger partial charge in [0.05, 0.1) is 28.3 Å². The zero-order valence-electron chi connectivity index (χ0n) is 17.3. The highest BCUT2D eigenvalue weighted by Gasteiger charge is 2.16. The molecule has 0 aliphatic rings. The molecule has 5 N–H and O–H groups in total. The van der Waals surface area contributed by atoms with E-state index in [-0.39, 0.29) is 34.8 Å². The Morgan fingerprint density at radius 1 is 0.969 bits per heavy atom. The topological polar surface area (TPSA) is 153 Å². The smallest absolute Gasteiger partial charge is 0.272 e. The Kier molecular flexibility index (Phi) is 7.11. The van der Waals surface area contributed by atoms with Crippen LogP contribution in [0.4, 0.5) is 11.4 Å². The quantitative estimate of drug-likeness (QED) is 0.340. The van der Waals surface area contributed by atoms with Crippen molar-refractivity contribution < 1.29 is 14.4 Å². The van der Waals surface area contributed by atoms with Crippen molar-refractivity contribution in [3.05, 3.63) is 63.2 Å². The lowest BCUT2D eigenvalue weighted by atomic mass is 10.1. The van der Waals surface area contributed by atoms with Crippen molar-refractivity contribution in [2.45, 2.75) is 24.0 Å². The van der Waals surface area contributed by atoms with Crippen LogP contribution in [0.3, 0.4) is 0 Å². The molecule has 1 aromatic heterocycles. The Balaban J connectivity index is 1.57. The van der Waals surface area contributed by atoms with Crippen LogP contribution < -0.4 is 27.1 Å². The summed E-state index contributed by atoms with van der Waals surface area (Å²) in [5, 5.41) is 11.9. The number of amides is 3. The predicted octanol–water partition coefficient (Wildman–Crippen LogP) is 1.41. The van der Waals surface area contributed by atoms with Gasteiger partial charge in [-0.1, -0.05) is 6.07 Å². The minimum Gasteiger partial charge on any atom is -0.346 e. The van der Waals surface area contributed by atoms with Crippen molar-refractivity contribution in [1.29, 1.82) is 0 Å². The molecule has 11 heteroatoms. The van der Waals surface area contributed by atoms with Crippen LogP contribution in [0.15, 0.2) is 56.9 Å². The van der Waals surface area contributed by atoms with Gasteiger partial charge in [0, 0.05) is 17.5 Å². The molecule has 3 aromatic rings. The summed E-state index contributed by atoms with van der Waals surface area (Å²) in [4.78, 5) is 60.5. The summed E-state index contributed by atoms with van der Waals surface area (Å²) in [5.41, 5.74) is -0.199. The summed E-state index contributed by atoms with van der Waals surface area (Å²) in [7, 11) is 0. The first-order valence-corrected chi connectivity index (χ1v) is 10.5. The molecule has 1 heterocycles. The van der Waals surface area contributed by atoms with E-state index in [0.717, 1.165) is 4.90 Å². The first-order chi connectivity index (χ1) is 15.2. The third-order valence-electron chi connectivity index (χ3n) is 4.38. The third kappa shape index (κ3) is 5.64. The van der Waals surface area contributed by atoms with Crippen molar-refractivity contribution >= 4 is 51.6 Å². The fourth-order valence-electron chi connectivity index (χ4n) is 2.92. The second-order valence-corrected chi connectivity index (χ2v) is 8.28. The molecule has 0 bridgehead atoms. The molecule has 0 spiro atoms. The van der Waals surface area contributed by atoms with E-state index in [9.17, 15) is 24.0 Å². The van der Waals surface area contributed by atoms with Gasteiger partial charge in [-0.25, -0.2) is 0 Å². The number of carbonyl (C=O) groups excluding carboxylic acids is 3. The normalized spacial score (nSPS) is 11.6. The highest BCUT2D eigenvalue weighted by atomic mass is 32.2. The lowest BCUT2D eigenvalue weighted by Gasteiger charge is -2.13. The standard InChI is InChI=1S/C21H21N5O5S/c1-11(32-14-8-6-13(7-9-14)23-12(2)27)19(29)22-10-17(28)24-16-5-3-4-15-18(16)21(31)26-25-20(15)30/h3-9,11H,10H2,1-2H3,(H,22,29)(H,23,27)(H,24,28)(H,25,30)(H,26,31). The number of anilines is 2. The van der Waals surface area contributed by atoms with Gasteiger partial charge in [-0.05, 0) is 43.3 Å². The zero-order valence-corrected chi connectivity index (χ0v) is 18.1. The molecular weight excluding hydrogens is 434 g/mol. The number of hydrogen-bond donors (Lipinski definition) is 5. The number of nitrogens with one attached hydrogen (secondary N) is 5. The van der Waals surface area contributed by atoms with E-state index < -0.39 is 22.3 Å². The van der Waals surface area contributed by atoms with Crippen molar-refractivity contribution in [2.75, 3.05) is 17.2 Å². The molecule has 0 aliphatic carbocycles. The Morgan fingerprint density at radius 2 is 1.66 bits per heavy atom. The Bertz CT molecular complexity index is 1280. The van der Waals surface area contributed by atoms with Gasteiger partial charge in [0.2, 0.25) is 17.7 Å². The van der Waals surface area contributed by atoms with Crippen molar-refractivity contribution in [2.24, 2.45) is 0 Å². The van der Waals surface area contributed by atoms with Crippen LogP contribution in [0, 0.1) is 0 Å². The average molecular weight is 455 g/mol. The fraction of sp³-hybridized carbons (Fsp3) is 0.190. The van der Waals surface area contributed by atoms with Crippen LogP contribution >= 0.6 is 11.8 Å². The maximum Gasteiger partial charge on any atom is 0.272 e. The van der Waals surface area contributed by atoms with Gasteiger partial charge >= 0.3 is 0 Å². The number of aromatic nitrogens is 2. The maximum absolute atomic E-state index is 12.4. The van der Waals surface area contributed by atoms with Crippen molar-refractivity contribution in [3.63, 3.8) is 0 Å². The van der Waals surface area contributed by atoms with Gasteiger partial charge in [0.25, 0.3) is 11.1 Å². The first-order valence-electron chi connectivity index (χ1n) is 9.60. The molecule has 10 nitrogen and oxygen atoms in total. The first kappa shape index (κ1) is 22.8. The van der Waals surface area contributed by atoms with Crippen LogP contribution in [0.5, 0.6) is 0 Å². The van der Waals surface area contributed by atoms with Crippen LogP contribution in [0.2, 0.25) is 0 Å². The molecule has 0 fully saturated rings. The number of rotatable bonds is 7. The highest BCUT2D eigenvalue weighted by molar-refractivity contribution is 8.00. The summed E-state index contributed by atoms with van der Waals surface area (Å²) in [5.74, 6) is -1.05. The maximum atomic E-state index is 12.4. The van der Waals surface area contributed by atoms with Gasteiger partial charge in [0.1, 0.15) is 0 Å². The predicted molar refractivity (Wildman–Crippen MR) is 123 cm³/mol. The number of fused-ring (bicyclic) bond motifs is 1. The molecule has 0 saturated heterocycles. The molecule has 0 saturated carbocycles. The summed E-state index contributed by atoms with van der Waals surface area (Å²) >= 11 is 1.30. The second kappa shape index (κ2) is 9.96. The van der Waals surface area contributed by atoms with Crippen LogP contribution in [0.25, 0.3) is 10.8 Å². The van der Waals surface area contributed by atoms with Gasteiger partial charge in [-0.2, -0.15) is 0 Å². The third-order valence-corrected chi connectivity index (χ3v) is 5.49. The Hall–Kier alpha value is -3.86. The van der Waals surface area contributed by atoms with E-state index in [4.69, 9.17) is 0 Å². The lowest BCUT2D eigenvalue weighted by Crippen LogP contribution is -2.37. The molecule has 1 atom stereocenters.